The number of nitrogens with one attached hydrogen (secondary N) is 1. The van der Waals surface area contributed by atoms with Crippen LogP contribution in [0.15, 0.2) is 47.1 Å². The van der Waals surface area contributed by atoms with E-state index in [1.165, 1.54) is 18.4 Å². The average molecular weight is 361 g/mol. The summed E-state index contributed by atoms with van der Waals surface area (Å²) in [6.07, 6.45) is 1.46. The molecule has 0 saturated carbocycles. The molecule has 0 radical (unpaired) electrons. The summed E-state index contributed by atoms with van der Waals surface area (Å²) in [6, 6.07) is 8.93. The zero-order valence-corrected chi connectivity index (χ0v) is 14.2. The second kappa shape index (κ2) is 8.37. The summed E-state index contributed by atoms with van der Waals surface area (Å²) in [4.78, 5) is 27.6. The standard InChI is InChI=1S/C18H20FN3O4/c19-14-3-1-4-15(13-14)25-12-6-20-18(24)22-9-7-21(8-10-22)17(23)16-5-2-11-26-16/h1-5,11,13H,6-10,12H2,(H,20,24). The summed E-state index contributed by atoms with van der Waals surface area (Å²) >= 11 is 0. The topological polar surface area (TPSA) is 75.0 Å². The molecular weight excluding hydrogens is 341 g/mol. The average Bonchev–Trinajstić information content (AvgIpc) is 3.19. The number of hydrogen-bond acceptors (Lipinski definition) is 4. The Morgan fingerprint density at radius 3 is 2.58 bits per heavy atom. The summed E-state index contributed by atoms with van der Waals surface area (Å²) in [7, 11) is 0. The van der Waals surface area contributed by atoms with Gasteiger partial charge in [-0.25, -0.2) is 9.18 Å². The first-order valence-corrected chi connectivity index (χ1v) is 8.37. The molecular formula is C18H20FN3O4. The first kappa shape index (κ1) is 17.8. The van der Waals surface area contributed by atoms with Crippen molar-refractivity contribution in [2.24, 2.45) is 0 Å². The van der Waals surface area contributed by atoms with E-state index in [-0.39, 0.29) is 24.4 Å². The Balaban J connectivity index is 1.36. The first-order chi connectivity index (χ1) is 12.6. The van der Waals surface area contributed by atoms with Gasteiger partial charge in [-0.2, -0.15) is 0 Å². The lowest BCUT2D eigenvalue weighted by Crippen LogP contribution is -2.53. The third kappa shape index (κ3) is 4.53. The van der Waals surface area contributed by atoms with Crippen LogP contribution in [0.5, 0.6) is 5.75 Å². The normalized spacial score (nSPS) is 14.2. The van der Waals surface area contributed by atoms with E-state index in [0.717, 1.165) is 0 Å². The van der Waals surface area contributed by atoms with Crippen molar-refractivity contribution in [2.75, 3.05) is 39.3 Å². The van der Waals surface area contributed by atoms with Gasteiger partial charge in [0.15, 0.2) is 5.76 Å². The fraction of sp³-hybridized carbons (Fsp3) is 0.333. The molecule has 0 bridgehead atoms. The van der Waals surface area contributed by atoms with Crippen molar-refractivity contribution in [3.8, 4) is 5.75 Å². The summed E-state index contributed by atoms with van der Waals surface area (Å²) in [5, 5.41) is 2.76. The molecule has 1 N–H and O–H groups in total. The molecule has 26 heavy (non-hydrogen) atoms. The van der Waals surface area contributed by atoms with Crippen molar-refractivity contribution in [3.63, 3.8) is 0 Å². The Hall–Kier alpha value is -3.03. The van der Waals surface area contributed by atoms with Crippen molar-refractivity contribution in [2.45, 2.75) is 0 Å². The van der Waals surface area contributed by atoms with Crippen LogP contribution in [0.1, 0.15) is 10.6 Å². The predicted octanol–water partition coefficient (Wildman–Crippen LogP) is 1.97. The third-order valence-corrected chi connectivity index (χ3v) is 4.03. The van der Waals surface area contributed by atoms with Gasteiger partial charge < -0.3 is 24.3 Å². The quantitative estimate of drug-likeness (QED) is 0.826. The smallest absolute Gasteiger partial charge is 0.317 e. The van der Waals surface area contributed by atoms with Gasteiger partial charge in [0.25, 0.3) is 5.91 Å². The minimum absolute atomic E-state index is 0.168. The first-order valence-electron chi connectivity index (χ1n) is 8.37. The van der Waals surface area contributed by atoms with Crippen molar-refractivity contribution < 1.29 is 23.1 Å². The molecule has 8 heteroatoms. The Bertz CT molecular complexity index is 743. The number of halogens is 1. The minimum Gasteiger partial charge on any atom is -0.492 e. The van der Waals surface area contributed by atoms with Gasteiger partial charge in [-0.3, -0.25) is 4.79 Å². The monoisotopic (exact) mass is 361 g/mol. The number of nitrogens with zero attached hydrogens (tertiary/aromatic N) is 2. The Labute approximate surface area is 150 Å². The number of benzene rings is 1. The number of furan rings is 1. The highest BCUT2D eigenvalue weighted by molar-refractivity contribution is 5.91. The van der Waals surface area contributed by atoms with Crippen LogP contribution in [-0.2, 0) is 0 Å². The minimum atomic E-state index is -0.367. The number of carbonyl (C=O) groups excluding carboxylic acids is 2. The van der Waals surface area contributed by atoms with Crippen LogP contribution in [0.2, 0.25) is 0 Å². The summed E-state index contributed by atoms with van der Waals surface area (Å²) < 4.78 is 23.5. The Morgan fingerprint density at radius 1 is 1.12 bits per heavy atom. The summed E-state index contributed by atoms with van der Waals surface area (Å²) in [5.41, 5.74) is 0. The fourth-order valence-electron chi connectivity index (χ4n) is 2.66. The summed E-state index contributed by atoms with van der Waals surface area (Å²) in [6.45, 7) is 2.35. The molecule has 2 heterocycles. The van der Waals surface area contributed by atoms with Crippen LogP contribution in [-0.4, -0.2) is 61.1 Å². The maximum Gasteiger partial charge on any atom is 0.317 e. The van der Waals surface area contributed by atoms with E-state index in [2.05, 4.69) is 5.32 Å². The Kier molecular flexibility index (Phi) is 5.73. The molecule has 1 saturated heterocycles. The molecule has 0 atom stereocenters. The highest BCUT2D eigenvalue weighted by atomic mass is 19.1. The lowest BCUT2D eigenvalue weighted by Gasteiger charge is -2.34. The van der Waals surface area contributed by atoms with Gasteiger partial charge in [0.05, 0.1) is 12.8 Å². The van der Waals surface area contributed by atoms with E-state index in [1.54, 1.807) is 34.1 Å². The van der Waals surface area contributed by atoms with E-state index in [1.807, 2.05) is 0 Å². The summed E-state index contributed by atoms with van der Waals surface area (Å²) in [5.74, 6) is 0.189. The van der Waals surface area contributed by atoms with Crippen LogP contribution >= 0.6 is 0 Å². The van der Waals surface area contributed by atoms with Gasteiger partial charge in [0.1, 0.15) is 18.2 Å². The number of urea groups is 1. The van der Waals surface area contributed by atoms with Crippen molar-refractivity contribution in [3.05, 3.63) is 54.2 Å². The van der Waals surface area contributed by atoms with Crippen LogP contribution in [0.4, 0.5) is 9.18 Å². The largest absolute Gasteiger partial charge is 0.492 e. The fourth-order valence-corrected chi connectivity index (χ4v) is 2.66. The van der Waals surface area contributed by atoms with Crippen molar-refractivity contribution in [1.82, 2.24) is 15.1 Å². The number of ether oxygens (including phenoxy) is 1. The van der Waals surface area contributed by atoms with Crippen LogP contribution in [0.3, 0.4) is 0 Å². The van der Waals surface area contributed by atoms with E-state index in [4.69, 9.17) is 9.15 Å². The number of amides is 3. The van der Waals surface area contributed by atoms with Gasteiger partial charge in [0.2, 0.25) is 0 Å². The molecule has 3 rings (SSSR count). The number of piperazine rings is 1. The van der Waals surface area contributed by atoms with Crippen LogP contribution in [0, 0.1) is 5.82 Å². The maximum absolute atomic E-state index is 13.0. The second-order valence-electron chi connectivity index (χ2n) is 5.79. The predicted molar refractivity (Wildman–Crippen MR) is 91.5 cm³/mol. The molecule has 2 aromatic rings. The molecule has 0 spiro atoms. The molecule has 138 valence electrons. The zero-order valence-electron chi connectivity index (χ0n) is 14.2. The van der Waals surface area contributed by atoms with Gasteiger partial charge >= 0.3 is 6.03 Å². The van der Waals surface area contributed by atoms with E-state index in [9.17, 15) is 14.0 Å². The highest BCUT2D eigenvalue weighted by Gasteiger charge is 2.25. The lowest BCUT2D eigenvalue weighted by atomic mass is 10.3. The number of rotatable bonds is 5. The Morgan fingerprint density at radius 2 is 1.88 bits per heavy atom. The van der Waals surface area contributed by atoms with Gasteiger partial charge in [-0.15, -0.1) is 0 Å². The molecule has 0 unspecified atom stereocenters. The van der Waals surface area contributed by atoms with Crippen molar-refractivity contribution >= 4 is 11.9 Å². The maximum atomic E-state index is 13.0. The van der Waals surface area contributed by atoms with Crippen LogP contribution in [0.25, 0.3) is 0 Å². The molecule has 3 amide bonds. The lowest BCUT2D eigenvalue weighted by molar-refractivity contribution is 0.0634. The highest BCUT2D eigenvalue weighted by Crippen LogP contribution is 2.12. The zero-order chi connectivity index (χ0) is 18.4. The second-order valence-corrected chi connectivity index (χ2v) is 5.79. The van der Waals surface area contributed by atoms with Gasteiger partial charge in [-0.1, -0.05) is 6.07 Å². The van der Waals surface area contributed by atoms with E-state index in [0.29, 0.717) is 44.2 Å². The third-order valence-electron chi connectivity index (χ3n) is 4.03. The van der Waals surface area contributed by atoms with E-state index < -0.39 is 0 Å². The molecule has 1 aliphatic heterocycles. The van der Waals surface area contributed by atoms with Crippen molar-refractivity contribution in [1.29, 1.82) is 0 Å². The molecule has 1 aromatic carbocycles. The van der Waals surface area contributed by atoms with E-state index >= 15 is 0 Å². The molecule has 1 fully saturated rings. The van der Waals surface area contributed by atoms with Gasteiger partial charge in [-0.05, 0) is 24.3 Å². The molecule has 1 aromatic heterocycles. The SMILES string of the molecule is O=C(NCCOc1cccc(F)c1)N1CCN(C(=O)c2ccco2)CC1. The van der Waals surface area contributed by atoms with Gasteiger partial charge in [0, 0.05) is 32.2 Å². The van der Waals surface area contributed by atoms with Crippen LogP contribution < -0.4 is 10.1 Å². The number of hydrogen-bond donors (Lipinski definition) is 1. The molecule has 0 aliphatic carbocycles. The molecule has 1 aliphatic rings. The number of carbonyl (C=O) groups is 2. The molecule has 7 nitrogen and oxygen atoms in total.